The zero-order chi connectivity index (χ0) is 16.1. The quantitative estimate of drug-likeness (QED) is 0.575. The second-order valence-electron chi connectivity index (χ2n) is 7.84. The lowest BCUT2D eigenvalue weighted by Crippen LogP contribution is -2.42. The Morgan fingerprint density at radius 1 is 1.09 bits per heavy atom. The number of hydrogen-bond donors (Lipinski definition) is 0. The van der Waals surface area contributed by atoms with E-state index in [9.17, 15) is 0 Å². The van der Waals surface area contributed by atoms with E-state index in [0.29, 0.717) is 5.92 Å². The Morgan fingerprint density at radius 2 is 1.87 bits per heavy atom. The number of halogens is 1. The predicted octanol–water partition coefficient (Wildman–Crippen LogP) is 6.38. The second-order valence-corrected chi connectivity index (χ2v) is 8.76. The topological polar surface area (TPSA) is 3.24 Å². The summed E-state index contributed by atoms with van der Waals surface area (Å²) in [4.78, 5) is 2.82. The summed E-state index contributed by atoms with van der Waals surface area (Å²) in [6.45, 7) is 4.94. The summed E-state index contributed by atoms with van der Waals surface area (Å²) in [7, 11) is 0. The molecule has 2 unspecified atom stereocenters. The Labute approximate surface area is 151 Å². The monoisotopic (exact) mass is 377 g/mol. The van der Waals surface area contributed by atoms with Crippen molar-refractivity contribution < 1.29 is 0 Å². The first-order chi connectivity index (χ1) is 11.2. The minimum Gasteiger partial charge on any atom is -0.300 e. The Kier molecular flexibility index (Phi) is 6.59. The third-order valence-electron chi connectivity index (χ3n) is 6.01. The zero-order valence-electron chi connectivity index (χ0n) is 14.6. The van der Waals surface area contributed by atoms with E-state index in [4.69, 9.17) is 0 Å². The summed E-state index contributed by atoms with van der Waals surface area (Å²) in [5.41, 5.74) is 1.47. The third kappa shape index (κ3) is 5.06. The van der Waals surface area contributed by atoms with E-state index in [2.05, 4.69) is 52.0 Å². The molecule has 0 bridgehead atoms. The fraction of sp³-hybridized carbons (Fsp3) is 0.714. The molecule has 0 radical (unpaired) electrons. The van der Waals surface area contributed by atoms with Gasteiger partial charge in [0.15, 0.2) is 0 Å². The Hall–Kier alpha value is -0.340. The maximum absolute atomic E-state index is 3.62. The standard InChI is InChI=1S/C21H32BrN/c1-17(19-10-7-11-20(22)15-19)16-23-13-6-5-12-21(23)14-18-8-3-2-4-9-18/h7,10-11,15,17-18,21H,2-6,8-9,12-14,16H2,1H3. The van der Waals surface area contributed by atoms with Crippen molar-refractivity contribution in [1.29, 1.82) is 0 Å². The van der Waals surface area contributed by atoms with Crippen LogP contribution in [-0.4, -0.2) is 24.0 Å². The van der Waals surface area contributed by atoms with Gasteiger partial charge in [-0.25, -0.2) is 0 Å². The molecule has 23 heavy (non-hydrogen) atoms. The van der Waals surface area contributed by atoms with Crippen LogP contribution in [0.5, 0.6) is 0 Å². The Bertz CT molecular complexity index is 480. The maximum Gasteiger partial charge on any atom is 0.0178 e. The number of rotatable bonds is 5. The van der Waals surface area contributed by atoms with Gasteiger partial charge in [0.05, 0.1) is 0 Å². The fourth-order valence-corrected chi connectivity index (χ4v) is 5.06. The van der Waals surface area contributed by atoms with Crippen LogP contribution in [0, 0.1) is 5.92 Å². The van der Waals surface area contributed by atoms with E-state index in [1.165, 1.54) is 80.9 Å². The molecular formula is C21H32BrN. The largest absolute Gasteiger partial charge is 0.300 e. The highest BCUT2D eigenvalue weighted by molar-refractivity contribution is 9.10. The van der Waals surface area contributed by atoms with Crippen LogP contribution in [0.25, 0.3) is 0 Å². The molecule has 1 nitrogen and oxygen atoms in total. The summed E-state index contributed by atoms with van der Waals surface area (Å²) in [5, 5.41) is 0. The first kappa shape index (κ1) is 17.5. The van der Waals surface area contributed by atoms with Crippen LogP contribution >= 0.6 is 15.9 Å². The average Bonchev–Trinajstić information content (AvgIpc) is 2.57. The van der Waals surface area contributed by atoms with Crippen molar-refractivity contribution in [3.8, 4) is 0 Å². The Balaban J connectivity index is 1.59. The highest BCUT2D eigenvalue weighted by Gasteiger charge is 2.27. The second kappa shape index (κ2) is 8.67. The van der Waals surface area contributed by atoms with Gasteiger partial charge in [0.2, 0.25) is 0 Å². The van der Waals surface area contributed by atoms with E-state index in [-0.39, 0.29) is 0 Å². The first-order valence-electron chi connectivity index (χ1n) is 9.72. The molecule has 3 rings (SSSR count). The van der Waals surface area contributed by atoms with Gasteiger partial charge in [0.1, 0.15) is 0 Å². The minimum absolute atomic E-state index is 0.624. The smallest absolute Gasteiger partial charge is 0.0178 e. The van der Waals surface area contributed by atoms with E-state index in [1.54, 1.807) is 0 Å². The summed E-state index contributed by atoms with van der Waals surface area (Å²) in [5.74, 6) is 1.63. The molecular weight excluding hydrogens is 346 g/mol. The van der Waals surface area contributed by atoms with Crippen molar-refractivity contribution in [2.24, 2.45) is 5.92 Å². The van der Waals surface area contributed by atoms with Gasteiger partial charge in [-0.15, -0.1) is 0 Å². The third-order valence-corrected chi connectivity index (χ3v) is 6.50. The molecule has 1 aliphatic heterocycles. The SMILES string of the molecule is CC(CN1CCCCC1CC1CCCCC1)c1cccc(Br)c1. The highest BCUT2D eigenvalue weighted by atomic mass is 79.9. The lowest BCUT2D eigenvalue weighted by molar-refractivity contribution is 0.111. The van der Waals surface area contributed by atoms with Crippen molar-refractivity contribution >= 4 is 15.9 Å². The molecule has 2 fully saturated rings. The molecule has 2 atom stereocenters. The molecule has 1 saturated carbocycles. The summed E-state index contributed by atoms with van der Waals surface area (Å²) in [6, 6.07) is 9.73. The summed E-state index contributed by atoms with van der Waals surface area (Å²) >= 11 is 3.62. The van der Waals surface area contributed by atoms with Crippen molar-refractivity contribution in [3.05, 3.63) is 34.3 Å². The van der Waals surface area contributed by atoms with Crippen molar-refractivity contribution in [2.75, 3.05) is 13.1 Å². The van der Waals surface area contributed by atoms with Gasteiger partial charge < -0.3 is 0 Å². The van der Waals surface area contributed by atoms with Gasteiger partial charge in [0, 0.05) is 17.1 Å². The maximum atomic E-state index is 3.62. The molecule has 0 N–H and O–H groups in total. The normalized spacial score (nSPS) is 25.4. The highest BCUT2D eigenvalue weighted by Crippen LogP contribution is 2.32. The van der Waals surface area contributed by atoms with Crippen LogP contribution in [0.3, 0.4) is 0 Å². The molecule has 0 aromatic heterocycles. The molecule has 1 heterocycles. The van der Waals surface area contributed by atoms with E-state index < -0.39 is 0 Å². The van der Waals surface area contributed by atoms with E-state index in [0.717, 1.165) is 12.0 Å². The van der Waals surface area contributed by atoms with Crippen LogP contribution in [-0.2, 0) is 0 Å². The van der Waals surface area contributed by atoms with Crippen LogP contribution in [0.2, 0.25) is 0 Å². The molecule has 128 valence electrons. The van der Waals surface area contributed by atoms with Crippen molar-refractivity contribution in [1.82, 2.24) is 4.90 Å². The van der Waals surface area contributed by atoms with Gasteiger partial charge in [-0.3, -0.25) is 4.90 Å². The van der Waals surface area contributed by atoms with E-state index >= 15 is 0 Å². The lowest BCUT2D eigenvalue weighted by atomic mass is 9.82. The average molecular weight is 378 g/mol. The van der Waals surface area contributed by atoms with Crippen LogP contribution in [0.4, 0.5) is 0 Å². The number of likely N-dealkylation sites (tertiary alicyclic amines) is 1. The fourth-order valence-electron chi connectivity index (χ4n) is 4.65. The van der Waals surface area contributed by atoms with Crippen molar-refractivity contribution in [2.45, 2.75) is 76.7 Å². The van der Waals surface area contributed by atoms with Crippen LogP contribution in [0.1, 0.15) is 76.2 Å². The molecule has 1 aliphatic carbocycles. The summed E-state index contributed by atoms with van der Waals surface area (Å²) < 4.78 is 1.21. The number of piperidine rings is 1. The van der Waals surface area contributed by atoms with Crippen LogP contribution < -0.4 is 0 Å². The van der Waals surface area contributed by atoms with Gasteiger partial charge in [-0.05, 0) is 55.3 Å². The van der Waals surface area contributed by atoms with Gasteiger partial charge in [0.25, 0.3) is 0 Å². The lowest BCUT2D eigenvalue weighted by Gasteiger charge is -2.39. The van der Waals surface area contributed by atoms with Gasteiger partial charge >= 0.3 is 0 Å². The number of benzene rings is 1. The first-order valence-corrected chi connectivity index (χ1v) is 10.5. The minimum atomic E-state index is 0.624. The van der Waals surface area contributed by atoms with Crippen molar-refractivity contribution in [3.63, 3.8) is 0 Å². The molecule has 1 aromatic carbocycles. The number of nitrogens with zero attached hydrogens (tertiary/aromatic N) is 1. The predicted molar refractivity (Wildman–Crippen MR) is 103 cm³/mol. The van der Waals surface area contributed by atoms with Gasteiger partial charge in [-0.2, -0.15) is 0 Å². The van der Waals surface area contributed by atoms with Crippen LogP contribution in [0.15, 0.2) is 28.7 Å². The Morgan fingerprint density at radius 3 is 2.65 bits per heavy atom. The molecule has 1 aromatic rings. The molecule has 2 heteroatoms. The summed E-state index contributed by atoms with van der Waals surface area (Å²) in [6.07, 6.45) is 13.2. The molecule has 0 amide bonds. The molecule has 2 aliphatic rings. The molecule has 1 saturated heterocycles. The molecule has 0 spiro atoms. The van der Waals surface area contributed by atoms with E-state index in [1.807, 2.05) is 0 Å². The number of hydrogen-bond acceptors (Lipinski definition) is 1. The van der Waals surface area contributed by atoms with Gasteiger partial charge in [-0.1, -0.05) is 73.5 Å². The zero-order valence-corrected chi connectivity index (χ0v) is 16.2.